The van der Waals surface area contributed by atoms with Gasteiger partial charge in [-0.15, -0.1) is 23.5 Å². The molecule has 0 aliphatic carbocycles. The predicted octanol–water partition coefficient (Wildman–Crippen LogP) is 7.42. The molecular formula is C27H20OS2. The van der Waals surface area contributed by atoms with E-state index in [1.54, 1.807) is 0 Å². The lowest BCUT2D eigenvalue weighted by atomic mass is 9.92. The Morgan fingerprint density at radius 1 is 0.567 bits per heavy atom. The molecule has 30 heavy (non-hydrogen) atoms. The van der Waals surface area contributed by atoms with Crippen LogP contribution in [0.25, 0.3) is 0 Å². The maximum Gasteiger partial charge on any atom is 0.133 e. The highest BCUT2D eigenvalue weighted by Gasteiger charge is 2.56. The Balaban J connectivity index is 1.60. The first-order valence-corrected chi connectivity index (χ1v) is 11.9. The highest BCUT2D eigenvalue weighted by molar-refractivity contribution is 8.21. The number of para-hydroxylation sites is 2. The molecule has 1 saturated heterocycles. The van der Waals surface area contributed by atoms with Crippen LogP contribution in [-0.2, 0) is 8.83 Å². The molecule has 6 rings (SSSR count). The smallest absolute Gasteiger partial charge is 0.133 e. The molecule has 146 valence electrons. The third kappa shape index (κ3) is 2.59. The summed E-state index contributed by atoms with van der Waals surface area (Å²) in [6, 6.07) is 39.0. The molecule has 2 aliphatic heterocycles. The number of benzene rings is 4. The van der Waals surface area contributed by atoms with E-state index in [0.717, 1.165) is 17.3 Å². The average molecular weight is 425 g/mol. The topological polar surface area (TPSA) is 9.23 Å². The number of thioether (sulfide) groups is 2. The van der Waals surface area contributed by atoms with Gasteiger partial charge in [0.2, 0.25) is 0 Å². The summed E-state index contributed by atoms with van der Waals surface area (Å²) in [5, 5.41) is 0. The Kier molecular flexibility index (Phi) is 4.22. The van der Waals surface area contributed by atoms with Crippen molar-refractivity contribution in [3.8, 4) is 11.5 Å². The maximum atomic E-state index is 6.32. The third-order valence-electron chi connectivity index (χ3n) is 5.98. The molecule has 1 spiro atoms. The van der Waals surface area contributed by atoms with Gasteiger partial charge in [0.15, 0.2) is 0 Å². The summed E-state index contributed by atoms with van der Waals surface area (Å²) in [5.41, 5.74) is 5.22. The number of rotatable bonds is 2. The minimum atomic E-state index is -0.211. The Morgan fingerprint density at radius 2 is 1.03 bits per heavy atom. The van der Waals surface area contributed by atoms with Crippen molar-refractivity contribution in [2.75, 3.05) is 5.75 Å². The Hall–Kier alpha value is -2.62. The fourth-order valence-corrected chi connectivity index (χ4v) is 8.75. The van der Waals surface area contributed by atoms with Crippen molar-refractivity contribution in [1.29, 1.82) is 0 Å². The van der Waals surface area contributed by atoms with Gasteiger partial charge in [-0.3, -0.25) is 0 Å². The lowest BCUT2D eigenvalue weighted by Gasteiger charge is -2.38. The monoisotopic (exact) mass is 424 g/mol. The Labute approximate surface area is 185 Å². The second kappa shape index (κ2) is 6.97. The average Bonchev–Trinajstić information content (AvgIpc) is 3.23. The predicted molar refractivity (Wildman–Crippen MR) is 127 cm³/mol. The van der Waals surface area contributed by atoms with Crippen molar-refractivity contribution in [3.05, 3.63) is 131 Å². The summed E-state index contributed by atoms with van der Waals surface area (Å²) >= 11 is 4.09. The molecule has 4 aromatic rings. The van der Waals surface area contributed by atoms with Gasteiger partial charge in [0.1, 0.15) is 15.6 Å². The van der Waals surface area contributed by atoms with Crippen molar-refractivity contribution in [2.45, 2.75) is 8.83 Å². The van der Waals surface area contributed by atoms with Crippen LogP contribution < -0.4 is 4.74 Å². The highest BCUT2D eigenvalue weighted by atomic mass is 32.2. The van der Waals surface area contributed by atoms with E-state index in [-0.39, 0.29) is 8.83 Å². The number of ether oxygens (including phenoxy) is 1. The fourth-order valence-electron chi connectivity index (χ4n) is 4.56. The molecule has 2 heterocycles. The molecule has 0 atom stereocenters. The van der Waals surface area contributed by atoms with Gasteiger partial charge >= 0.3 is 0 Å². The fraction of sp³-hybridized carbons (Fsp3) is 0.111. The van der Waals surface area contributed by atoms with Crippen LogP contribution >= 0.6 is 23.5 Å². The van der Waals surface area contributed by atoms with Gasteiger partial charge in [0.05, 0.1) is 4.75 Å². The van der Waals surface area contributed by atoms with Gasteiger partial charge in [0, 0.05) is 16.9 Å². The van der Waals surface area contributed by atoms with E-state index in [2.05, 4.69) is 121 Å². The first kappa shape index (κ1) is 18.2. The van der Waals surface area contributed by atoms with Gasteiger partial charge in [-0.25, -0.2) is 0 Å². The minimum absolute atomic E-state index is 0.134. The lowest BCUT2D eigenvalue weighted by molar-refractivity contribution is 0.455. The second-order valence-electron chi connectivity index (χ2n) is 7.66. The molecule has 2 aliphatic rings. The van der Waals surface area contributed by atoms with E-state index >= 15 is 0 Å². The molecule has 0 amide bonds. The van der Waals surface area contributed by atoms with Crippen LogP contribution in [-0.4, -0.2) is 5.75 Å². The van der Waals surface area contributed by atoms with Crippen LogP contribution in [0.15, 0.2) is 109 Å². The molecule has 0 bridgehead atoms. The molecule has 3 heteroatoms. The van der Waals surface area contributed by atoms with E-state index in [4.69, 9.17) is 4.74 Å². The summed E-state index contributed by atoms with van der Waals surface area (Å²) in [7, 11) is 0. The standard InChI is InChI=1S/C27H20OS2/c1-3-11-20(12-4-1)26(21-13-5-2-6-14-21)19-29-27(30-26)22-15-7-9-17-24(22)28-25-18-10-8-16-23(25)27/h1-18H,19H2. The van der Waals surface area contributed by atoms with Crippen molar-refractivity contribution in [2.24, 2.45) is 0 Å². The van der Waals surface area contributed by atoms with Gasteiger partial charge in [-0.1, -0.05) is 97.1 Å². The first-order chi connectivity index (χ1) is 14.8. The normalized spacial score (nSPS) is 17.7. The molecule has 0 aromatic heterocycles. The SMILES string of the molecule is c1ccc(C2(c3ccccc3)CSC3(S2)c2ccccc2Oc2ccccc23)cc1. The first-order valence-electron chi connectivity index (χ1n) is 10.1. The summed E-state index contributed by atoms with van der Waals surface area (Å²) in [6.45, 7) is 0. The Morgan fingerprint density at radius 3 is 1.57 bits per heavy atom. The quantitative estimate of drug-likeness (QED) is 0.331. The molecule has 4 aromatic carbocycles. The van der Waals surface area contributed by atoms with Gasteiger partial charge in [-0.2, -0.15) is 0 Å². The number of fused-ring (bicyclic) bond motifs is 4. The zero-order chi connectivity index (χ0) is 20.0. The van der Waals surface area contributed by atoms with Gasteiger partial charge in [-0.05, 0) is 23.3 Å². The summed E-state index contributed by atoms with van der Waals surface area (Å²) in [5.74, 6) is 2.93. The van der Waals surface area contributed by atoms with E-state index in [1.165, 1.54) is 22.3 Å². The molecule has 1 nitrogen and oxygen atoms in total. The molecule has 1 fully saturated rings. The van der Waals surface area contributed by atoms with E-state index in [9.17, 15) is 0 Å². The largest absolute Gasteiger partial charge is 0.457 e. The van der Waals surface area contributed by atoms with Crippen molar-refractivity contribution < 1.29 is 4.74 Å². The van der Waals surface area contributed by atoms with Crippen LogP contribution in [0.5, 0.6) is 11.5 Å². The van der Waals surface area contributed by atoms with Crippen molar-refractivity contribution in [3.63, 3.8) is 0 Å². The minimum Gasteiger partial charge on any atom is -0.457 e. The van der Waals surface area contributed by atoms with Crippen LogP contribution in [0.3, 0.4) is 0 Å². The van der Waals surface area contributed by atoms with Crippen LogP contribution in [0.1, 0.15) is 22.3 Å². The number of hydrogen-bond acceptors (Lipinski definition) is 3. The summed E-state index contributed by atoms with van der Waals surface area (Å²) < 4.78 is 5.97. The maximum absolute atomic E-state index is 6.32. The van der Waals surface area contributed by atoms with Crippen molar-refractivity contribution >= 4 is 23.5 Å². The molecule has 0 N–H and O–H groups in total. The zero-order valence-electron chi connectivity index (χ0n) is 16.3. The zero-order valence-corrected chi connectivity index (χ0v) is 18.0. The van der Waals surface area contributed by atoms with E-state index < -0.39 is 0 Å². The molecule has 0 saturated carbocycles. The van der Waals surface area contributed by atoms with Crippen LogP contribution in [0.4, 0.5) is 0 Å². The van der Waals surface area contributed by atoms with E-state index in [1.807, 2.05) is 11.8 Å². The summed E-state index contributed by atoms with van der Waals surface area (Å²) in [6.07, 6.45) is 0. The van der Waals surface area contributed by atoms with Crippen LogP contribution in [0.2, 0.25) is 0 Å². The van der Waals surface area contributed by atoms with E-state index in [0.29, 0.717) is 0 Å². The van der Waals surface area contributed by atoms with Crippen molar-refractivity contribution in [1.82, 2.24) is 0 Å². The van der Waals surface area contributed by atoms with Gasteiger partial charge in [0.25, 0.3) is 0 Å². The molecule has 0 radical (unpaired) electrons. The molecular weight excluding hydrogens is 404 g/mol. The van der Waals surface area contributed by atoms with Crippen LogP contribution in [0, 0.1) is 0 Å². The second-order valence-corrected chi connectivity index (χ2v) is 10.6. The summed E-state index contributed by atoms with van der Waals surface area (Å²) in [4.78, 5) is 0. The van der Waals surface area contributed by atoms with Gasteiger partial charge < -0.3 is 4.74 Å². The number of hydrogen-bond donors (Lipinski definition) is 0. The molecule has 0 unspecified atom stereocenters. The Bertz CT molecular complexity index is 1120. The lowest BCUT2D eigenvalue weighted by Crippen LogP contribution is -2.27. The highest BCUT2D eigenvalue weighted by Crippen LogP contribution is 2.71. The third-order valence-corrected chi connectivity index (χ3v) is 9.88.